The van der Waals surface area contributed by atoms with Crippen molar-refractivity contribution in [3.63, 3.8) is 0 Å². The maximum atomic E-state index is 6.01. The molecule has 0 aromatic carbocycles. The minimum atomic E-state index is 0.349. The number of aromatic nitrogens is 4. The fraction of sp³-hybridized carbons (Fsp3) is 0.636. The Morgan fingerprint density at radius 3 is 2.82 bits per heavy atom. The van der Waals surface area contributed by atoms with Crippen molar-refractivity contribution in [3.8, 4) is 0 Å². The number of fused-ring (bicyclic) bond motifs is 1. The van der Waals surface area contributed by atoms with Gasteiger partial charge >= 0.3 is 0 Å². The van der Waals surface area contributed by atoms with E-state index in [0.717, 1.165) is 29.0 Å². The fourth-order valence-corrected chi connectivity index (χ4v) is 2.74. The summed E-state index contributed by atoms with van der Waals surface area (Å²) < 4.78 is 3.95. The van der Waals surface area contributed by atoms with Gasteiger partial charge in [0, 0.05) is 13.1 Å². The second-order valence-electron chi connectivity index (χ2n) is 4.35. The summed E-state index contributed by atoms with van der Waals surface area (Å²) >= 11 is 1.85. The van der Waals surface area contributed by atoms with Crippen LogP contribution in [0.3, 0.4) is 0 Å². The predicted octanol–water partition coefficient (Wildman–Crippen LogP) is 1.97. The van der Waals surface area contributed by atoms with Crippen LogP contribution in [0.2, 0.25) is 0 Å². The molecule has 94 valence electrons. The average Bonchev–Trinajstić information content (AvgIpc) is 2.74. The van der Waals surface area contributed by atoms with E-state index in [1.807, 2.05) is 30.4 Å². The topological polar surface area (TPSA) is 61.7 Å². The number of thioether (sulfide) groups is 1. The summed E-state index contributed by atoms with van der Waals surface area (Å²) in [5.41, 5.74) is 8.89. The van der Waals surface area contributed by atoms with Crippen LogP contribution in [0.25, 0.3) is 11.2 Å². The fourth-order valence-electron chi connectivity index (χ4n) is 2.16. The number of hydrogen-bond acceptors (Lipinski definition) is 4. The summed E-state index contributed by atoms with van der Waals surface area (Å²) in [6.07, 6.45) is 3.20. The summed E-state index contributed by atoms with van der Waals surface area (Å²) in [6.45, 7) is 4.14. The van der Waals surface area contributed by atoms with Crippen molar-refractivity contribution < 1.29 is 0 Å². The van der Waals surface area contributed by atoms with Gasteiger partial charge < -0.3 is 5.73 Å². The predicted molar refractivity (Wildman–Crippen MR) is 73.4 cm³/mol. The third-order valence-electron chi connectivity index (χ3n) is 3.04. The van der Waals surface area contributed by atoms with Gasteiger partial charge in [-0.1, -0.05) is 0 Å². The third-order valence-corrected chi connectivity index (χ3v) is 3.69. The molecule has 2 rings (SSSR count). The van der Waals surface area contributed by atoms with E-state index in [0.29, 0.717) is 12.0 Å². The maximum Gasteiger partial charge on any atom is 0.202 e. The molecule has 0 aliphatic rings. The number of imidazole rings is 1. The molecule has 0 aliphatic carbocycles. The second-order valence-corrected chi connectivity index (χ2v) is 5.34. The van der Waals surface area contributed by atoms with Crippen LogP contribution < -0.4 is 5.73 Å². The van der Waals surface area contributed by atoms with Crippen LogP contribution in [0.4, 0.5) is 5.95 Å². The Bertz CT molecular complexity index is 527. The molecular formula is C11H19N5S. The zero-order valence-electron chi connectivity index (χ0n) is 10.8. The Morgan fingerprint density at radius 2 is 2.18 bits per heavy atom. The van der Waals surface area contributed by atoms with Crippen molar-refractivity contribution in [1.82, 2.24) is 19.3 Å². The molecule has 0 fully saturated rings. The average molecular weight is 253 g/mol. The third kappa shape index (κ3) is 2.01. The second kappa shape index (κ2) is 4.60. The molecule has 6 heteroatoms. The maximum absolute atomic E-state index is 6.01. The number of nitrogens with two attached hydrogens (primary N) is 1. The first-order chi connectivity index (χ1) is 8.06. The Kier molecular flexibility index (Phi) is 3.33. The molecule has 0 radical (unpaired) electrons. The molecule has 0 saturated carbocycles. The quantitative estimate of drug-likeness (QED) is 0.905. The molecule has 17 heavy (non-hydrogen) atoms. The van der Waals surface area contributed by atoms with E-state index in [1.165, 1.54) is 0 Å². The lowest BCUT2D eigenvalue weighted by Gasteiger charge is -2.15. The molecule has 0 amide bonds. The van der Waals surface area contributed by atoms with Gasteiger partial charge in [-0.3, -0.25) is 9.25 Å². The highest BCUT2D eigenvalue weighted by atomic mass is 32.2. The van der Waals surface area contributed by atoms with E-state index in [-0.39, 0.29) is 0 Å². The zero-order valence-corrected chi connectivity index (χ0v) is 11.6. The van der Waals surface area contributed by atoms with Crippen molar-refractivity contribution >= 4 is 28.9 Å². The van der Waals surface area contributed by atoms with Gasteiger partial charge in [-0.2, -0.15) is 16.9 Å². The number of aryl methyl sites for hydroxylation is 2. The minimum absolute atomic E-state index is 0.349. The Hall–Kier alpha value is -1.17. The van der Waals surface area contributed by atoms with Crippen molar-refractivity contribution in [1.29, 1.82) is 0 Å². The lowest BCUT2D eigenvalue weighted by atomic mass is 10.2. The Morgan fingerprint density at radius 1 is 1.47 bits per heavy atom. The highest BCUT2D eigenvalue weighted by molar-refractivity contribution is 7.98. The normalized spacial score (nSPS) is 13.4. The standard InChI is InChI=1S/C11H19N5S/c1-7(5-6-17-4)16-10-9(13-11(16)12)8(2)14-15(10)3/h7H,5-6H2,1-4H3,(H2,12,13). The number of nitrogen functional groups attached to an aromatic ring is 1. The monoisotopic (exact) mass is 253 g/mol. The highest BCUT2D eigenvalue weighted by Gasteiger charge is 2.19. The first-order valence-electron chi connectivity index (χ1n) is 5.72. The van der Waals surface area contributed by atoms with E-state index in [1.54, 1.807) is 0 Å². The first kappa shape index (κ1) is 12.3. The summed E-state index contributed by atoms with van der Waals surface area (Å²) in [5.74, 6) is 1.71. The van der Waals surface area contributed by atoms with Gasteiger partial charge in [-0.05, 0) is 32.3 Å². The van der Waals surface area contributed by atoms with Gasteiger partial charge in [0.15, 0.2) is 5.65 Å². The smallest absolute Gasteiger partial charge is 0.202 e. The molecule has 2 aromatic rings. The van der Waals surface area contributed by atoms with Crippen LogP contribution >= 0.6 is 11.8 Å². The summed E-state index contributed by atoms with van der Waals surface area (Å²) in [4.78, 5) is 4.41. The van der Waals surface area contributed by atoms with Crippen LogP contribution in [-0.2, 0) is 7.05 Å². The molecule has 2 heterocycles. The number of hydrogen-bond donors (Lipinski definition) is 1. The van der Waals surface area contributed by atoms with E-state index in [2.05, 4.69) is 27.8 Å². The first-order valence-corrected chi connectivity index (χ1v) is 7.11. The van der Waals surface area contributed by atoms with E-state index in [4.69, 9.17) is 5.73 Å². The molecule has 0 bridgehead atoms. The van der Waals surface area contributed by atoms with Gasteiger partial charge in [-0.25, -0.2) is 4.98 Å². The minimum Gasteiger partial charge on any atom is -0.369 e. The number of nitrogens with zero attached hydrogens (tertiary/aromatic N) is 4. The summed E-state index contributed by atoms with van der Waals surface area (Å²) in [6, 6.07) is 0.349. The molecule has 5 nitrogen and oxygen atoms in total. The Balaban J connectivity index is 2.48. The molecular weight excluding hydrogens is 234 g/mol. The van der Waals surface area contributed by atoms with Crippen molar-refractivity contribution in [2.75, 3.05) is 17.7 Å². The van der Waals surface area contributed by atoms with Crippen LogP contribution in [0, 0.1) is 6.92 Å². The van der Waals surface area contributed by atoms with E-state index >= 15 is 0 Å². The number of rotatable bonds is 4. The van der Waals surface area contributed by atoms with Gasteiger partial charge in [0.25, 0.3) is 0 Å². The molecule has 0 aliphatic heterocycles. The SMILES string of the molecule is CSCCC(C)n1c(N)nc2c(C)nn(C)c21. The van der Waals surface area contributed by atoms with Crippen molar-refractivity contribution in [3.05, 3.63) is 5.69 Å². The van der Waals surface area contributed by atoms with Crippen LogP contribution in [0.5, 0.6) is 0 Å². The molecule has 0 saturated heterocycles. The molecule has 0 spiro atoms. The van der Waals surface area contributed by atoms with Crippen molar-refractivity contribution in [2.45, 2.75) is 26.3 Å². The Labute approximate surface area is 105 Å². The summed E-state index contributed by atoms with van der Waals surface area (Å²) in [7, 11) is 1.94. The molecule has 1 unspecified atom stereocenters. The zero-order chi connectivity index (χ0) is 12.6. The van der Waals surface area contributed by atoms with Crippen LogP contribution in [0.1, 0.15) is 25.1 Å². The van der Waals surface area contributed by atoms with Crippen molar-refractivity contribution in [2.24, 2.45) is 7.05 Å². The van der Waals surface area contributed by atoms with Gasteiger partial charge in [0.2, 0.25) is 5.95 Å². The lowest BCUT2D eigenvalue weighted by molar-refractivity contribution is 0.542. The lowest BCUT2D eigenvalue weighted by Crippen LogP contribution is -2.12. The van der Waals surface area contributed by atoms with E-state index < -0.39 is 0 Å². The molecule has 1 atom stereocenters. The molecule has 2 aromatic heterocycles. The van der Waals surface area contributed by atoms with Gasteiger partial charge in [0.05, 0.1) is 5.69 Å². The number of anilines is 1. The summed E-state index contributed by atoms with van der Waals surface area (Å²) in [5, 5.41) is 4.39. The van der Waals surface area contributed by atoms with Gasteiger partial charge in [-0.15, -0.1) is 0 Å². The molecule has 2 N–H and O–H groups in total. The highest BCUT2D eigenvalue weighted by Crippen LogP contribution is 2.26. The van der Waals surface area contributed by atoms with Crippen LogP contribution in [0.15, 0.2) is 0 Å². The van der Waals surface area contributed by atoms with Crippen LogP contribution in [-0.4, -0.2) is 31.3 Å². The van der Waals surface area contributed by atoms with E-state index in [9.17, 15) is 0 Å². The largest absolute Gasteiger partial charge is 0.369 e. The van der Waals surface area contributed by atoms with Gasteiger partial charge in [0.1, 0.15) is 5.52 Å².